The normalized spacial score (nSPS) is 17.8. The molecule has 0 saturated heterocycles. The minimum absolute atomic E-state index is 0.0357. The maximum Gasteiger partial charge on any atom is 0.250 e. The van der Waals surface area contributed by atoms with Gasteiger partial charge in [0.1, 0.15) is 17.1 Å². The highest BCUT2D eigenvalue weighted by molar-refractivity contribution is 6.03. The van der Waals surface area contributed by atoms with Gasteiger partial charge >= 0.3 is 0 Å². The second-order valence-corrected chi connectivity index (χ2v) is 11.1. The molecule has 0 fully saturated rings. The predicted octanol–water partition coefficient (Wildman–Crippen LogP) is 9.38. The fourth-order valence-corrected chi connectivity index (χ4v) is 4.79. The second-order valence-electron chi connectivity index (χ2n) is 11.1. The lowest BCUT2D eigenvalue weighted by Gasteiger charge is -2.36. The van der Waals surface area contributed by atoms with Crippen molar-refractivity contribution in [2.45, 2.75) is 98.0 Å². The van der Waals surface area contributed by atoms with E-state index in [4.69, 9.17) is 9.47 Å². The highest BCUT2D eigenvalue weighted by Gasteiger charge is 2.31. The minimum atomic E-state index is -0.115. The van der Waals surface area contributed by atoms with Crippen LogP contribution in [0.25, 0.3) is 0 Å². The van der Waals surface area contributed by atoms with Gasteiger partial charge in [0.25, 0.3) is 5.91 Å². The highest BCUT2D eigenvalue weighted by Crippen LogP contribution is 2.37. The third kappa shape index (κ3) is 10.4. The van der Waals surface area contributed by atoms with E-state index in [0.29, 0.717) is 0 Å². The molecule has 39 heavy (non-hydrogen) atoms. The van der Waals surface area contributed by atoms with Crippen LogP contribution in [0.5, 0.6) is 11.5 Å². The van der Waals surface area contributed by atoms with Crippen LogP contribution in [0.3, 0.4) is 0 Å². The van der Waals surface area contributed by atoms with Crippen molar-refractivity contribution >= 4 is 11.6 Å². The molecule has 1 N–H and O–H groups in total. The van der Waals surface area contributed by atoms with Crippen LogP contribution in [0.4, 0.5) is 5.69 Å². The van der Waals surface area contributed by atoms with Crippen LogP contribution < -0.4 is 14.8 Å². The van der Waals surface area contributed by atoms with Crippen molar-refractivity contribution in [3.8, 4) is 11.5 Å². The van der Waals surface area contributed by atoms with Gasteiger partial charge in [0, 0.05) is 11.3 Å². The van der Waals surface area contributed by atoms with Crippen LogP contribution in [-0.2, 0) is 11.2 Å². The van der Waals surface area contributed by atoms with E-state index < -0.39 is 0 Å². The SMILES string of the molecule is CCCOc1ccc2c(c1)CCC(C)(CC/C=C(\C)CC/C=C(\C)CC/C=C(\C)C(=O)Nc1ccccc1)O2. The highest BCUT2D eigenvalue weighted by atomic mass is 16.5. The molecule has 1 amide bonds. The molecule has 2 aromatic carbocycles. The Morgan fingerprint density at radius 1 is 0.974 bits per heavy atom. The Bertz CT molecular complexity index is 1160. The summed E-state index contributed by atoms with van der Waals surface area (Å²) in [6.07, 6.45) is 15.9. The van der Waals surface area contributed by atoms with Crippen LogP contribution in [-0.4, -0.2) is 18.1 Å². The van der Waals surface area contributed by atoms with Crippen molar-refractivity contribution in [2.24, 2.45) is 0 Å². The molecule has 2 aromatic rings. The lowest BCUT2D eigenvalue weighted by molar-refractivity contribution is -0.112. The van der Waals surface area contributed by atoms with Crippen molar-refractivity contribution in [1.82, 2.24) is 0 Å². The summed E-state index contributed by atoms with van der Waals surface area (Å²) in [6, 6.07) is 15.8. The van der Waals surface area contributed by atoms with E-state index in [9.17, 15) is 4.79 Å². The fourth-order valence-electron chi connectivity index (χ4n) is 4.79. The lowest BCUT2D eigenvalue weighted by Crippen LogP contribution is -2.36. The first-order valence-corrected chi connectivity index (χ1v) is 14.6. The lowest BCUT2D eigenvalue weighted by atomic mass is 9.88. The number of fused-ring (bicyclic) bond motifs is 1. The number of para-hydroxylation sites is 1. The van der Waals surface area contributed by atoms with E-state index in [2.05, 4.69) is 57.3 Å². The van der Waals surface area contributed by atoms with Crippen LogP contribution >= 0.6 is 0 Å². The molecule has 1 unspecified atom stereocenters. The molecule has 4 heteroatoms. The van der Waals surface area contributed by atoms with E-state index in [-0.39, 0.29) is 11.5 Å². The predicted molar refractivity (Wildman–Crippen MR) is 164 cm³/mol. The number of aryl methyl sites for hydroxylation is 1. The number of hydrogen-bond donors (Lipinski definition) is 1. The maximum atomic E-state index is 12.3. The van der Waals surface area contributed by atoms with E-state index >= 15 is 0 Å². The third-order valence-corrected chi connectivity index (χ3v) is 7.36. The number of rotatable bonds is 14. The summed E-state index contributed by atoms with van der Waals surface area (Å²) < 4.78 is 12.2. The number of nitrogens with one attached hydrogen (secondary N) is 1. The maximum absolute atomic E-state index is 12.3. The largest absolute Gasteiger partial charge is 0.494 e. The average Bonchev–Trinajstić information content (AvgIpc) is 2.92. The van der Waals surface area contributed by atoms with Crippen LogP contribution in [0.15, 0.2) is 83.5 Å². The summed E-state index contributed by atoms with van der Waals surface area (Å²) in [7, 11) is 0. The van der Waals surface area contributed by atoms with E-state index in [1.54, 1.807) is 0 Å². The zero-order valence-electron chi connectivity index (χ0n) is 24.6. The summed E-state index contributed by atoms with van der Waals surface area (Å²) in [6.45, 7) is 11.4. The van der Waals surface area contributed by atoms with Crippen molar-refractivity contribution in [1.29, 1.82) is 0 Å². The van der Waals surface area contributed by atoms with Crippen LogP contribution in [0, 0.1) is 0 Å². The number of carbonyl (C=O) groups excluding carboxylic acids is 1. The number of benzene rings is 2. The van der Waals surface area contributed by atoms with Crippen molar-refractivity contribution in [3.05, 3.63) is 89.0 Å². The van der Waals surface area contributed by atoms with Gasteiger partial charge in [-0.25, -0.2) is 0 Å². The van der Waals surface area contributed by atoms with Crippen LogP contribution in [0.2, 0.25) is 0 Å². The molecule has 1 atom stereocenters. The van der Waals surface area contributed by atoms with Gasteiger partial charge in [-0.05, 0) is 121 Å². The minimum Gasteiger partial charge on any atom is -0.494 e. The van der Waals surface area contributed by atoms with Crippen molar-refractivity contribution in [2.75, 3.05) is 11.9 Å². The molecule has 1 aliphatic heterocycles. The number of allylic oxidation sites excluding steroid dienone is 5. The second kappa shape index (κ2) is 15.4. The Labute approximate surface area is 236 Å². The van der Waals surface area contributed by atoms with Gasteiger partial charge in [-0.3, -0.25) is 4.79 Å². The summed E-state index contributed by atoms with van der Waals surface area (Å²) in [5, 5.41) is 2.94. The van der Waals surface area contributed by atoms with Crippen molar-refractivity contribution in [3.63, 3.8) is 0 Å². The summed E-state index contributed by atoms with van der Waals surface area (Å²) in [4.78, 5) is 12.3. The Morgan fingerprint density at radius 2 is 1.67 bits per heavy atom. The summed E-state index contributed by atoms with van der Waals surface area (Å²) in [5.41, 5.74) is 5.54. The van der Waals surface area contributed by atoms with E-state index in [1.807, 2.05) is 49.4 Å². The molecule has 0 radical (unpaired) electrons. The van der Waals surface area contributed by atoms with Gasteiger partial charge in [-0.15, -0.1) is 0 Å². The monoisotopic (exact) mass is 529 g/mol. The van der Waals surface area contributed by atoms with E-state index in [1.165, 1.54) is 16.7 Å². The van der Waals surface area contributed by atoms with E-state index in [0.717, 1.165) is 87.2 Å². The zero-order valence-corrected chi connectivity index (χ0v) is 24.6. The Hall–Kier alpha value is -3.27. The molecule has 0 bridgehead atoms. The van der Waals surface area contributed by atoms with Gasteiger partial charge < -0.3 is 14.8 Å². The quantitative estimate of drug-likeness (QED) is 0.196. The van der Waals surface area contributed by atoms with Crippen LogP contribution in [0.1, 0.15) is 91.5 Å². The number of amides is 1. The molecule has 0 aliphatic carbocycles. The average molecular weight is 530 g/mol. The topological polar surface area (TPSA) is 47.6 Å². The molecule has 1 heterocycles. The number of anilines is 1. The fraction of sp³-hybridized carbons (Fsp3) is 0.457. The number of ether oxygens (including phenoxy) is 2. The third-order valence-electron chi connectivity index (χ3n) is 7.36. The Morgan fingerprint density at radius 3 is 2.38 bits per heavy atom. The first kappa shape index (κ1) is 30.3. The van der Waals surface area contributed by atoms with Gasteiger partial charge in [-0.2, -0.15) is 0 Å². The molecule has 1 aliphatic rings. The van der Waals surface area contributed by atoms with Gasteiger partial charge in [0.05, 0.1) is 6.61 Å². The van der Waals surface area contributed by atoms with Crippen molar-refractivity contribution < 1.29 is 14.3 Å². The summed E-state index contributed by atoms with van der Waals surface area (Å²) in [5.74, 6) is 1.92. The molecule has 210 valence electrons. The molecule has 3 rings (SSSR count). The smallest absolute Gasteiger partial charge is 0.250 e. The van der Waals surface area contributed by atoms with Gasteiger partial charge in [0.2, 0.25) is 0 Å². The molecule has 0 saturated carbocycles. The summed E-state index contributed by atoms with van der Waals surface area (Å²) >= 11 is 0. The number of hydrogen-bond acceptors (Lipinski definition) is 3. The van der Waals surface area contributed by atoms with Gasteiger partial charge in [0.15, 0.2) is 0 Å². The first-order valence-electron chi connectivity index (χ1n) is 14.6. The van der Waals surface area contributed by atoms with Gasteiger partial charge in [-0.1, -0.05) is 54.5 Å². The molecule has 0 spiro atoms. The Balaban J connectivity index is 1.36. The molecule has 4 nitrogen and oxygen atoms in total. The Kier molecular flexibility index (Phi) is 11.9. The standard InChI is InChI=1S/C35H47NO3/c1-6-25-38-32-20-21-33-30(26-32)22-24-35(5,39-33)23-12-16-28(3)14-10-13-27(2)15-11-17-29(4)34(37)36-31-18-8-7-9-19-31/h7-9,13,16-21,26H,6,10-12,14-15,22-25H2,1-5H3,(H,36,37)/b27-13+,28-16+,29-17+. The molecular weight excluding hydrogens is 482 g/mol. The zero-order chi connectivity index (χ0) is 28.1. The molecule has 0 aromatic heterocycles. The number of carbonyl (C=O) groups is 1. The molecular formula is C35H47NO3. The first-order chi connectivity index (χ1) is 18.8.